The third-order valence-electron chi connectivity index (χ3n) is 5.78. The fourth-order valence-electron chi connectivity index (χ4n) is 4.59. The number of aromatic nitrogens is 2. The van der Waals surface area contributed by atoms with Crippen LogP contribution in [0.5, 0.6) is 0 Å². The minimum atomic E-state index is -0.0417. The first kappa shape index (κ1) is 17.6. The summed E-state index contributed by atoms with van der Waals surface area (Å²) in [4.78, 5) is 18.7. The van der Waals surface area contributed by atoms with Crippen molar-refractivity contribution < 1.29 is 14.4 Å². The van der Waals surface area contributed by atoms with Gasteiger partial charge in [-0.25, -0.2) is 0 Å². The zero-order chi connectivity index (χ0) is 20.0. The molecule has 2 heterocycles. The van der Waals surface area contributed by atoms with Gasteiger partial charge in [-0.2, -0.15) is 10.2 Å². The minimum Gasteiger partial charge on any atom is -0.395 e. The first-order valence-corrected chi connectivity index (χ1v) is 9.56. The van der Waals surface area contributed by atoms with Gasteiger partial charge in [-0.1, -0.05) is 29.4 Å². The quantitative estimate of drug-likeness (QED) is 0.739. The van der Waals surface area contributed by atoms with Crippen molar-refractivity contribution in [2.24, 2.45) is 5.92 Å². The molecule has 7 nitrogen and oxygen atoms in total. The van der Waals surface area contributed by atoms with E-state index in [2.05, 4.69) is 16.2 Å². The van der Waals surface area contributed by atoms with E-state index in [1.807, 2.05) is 24.3 Å². The monoisotopic (exact) mass is 386 g/mol. The number of benzene rings is 2. The number of aliphatic hydroxyl groups is 1. The standard InChI is InChI=1S/C22H18N4O3/c23-12-13-3-1-4-14(9-13)22-24-21(25-29-22)17-6-2-5-16-18(17)10-15-11-19(28)26(7-8-27)20(15)16/h1-6,9,15,20,27H,7-8,10-11H2. The minimum absolute atomic E-state index is 0.00304. The van der Waals surface area contributed by atoms with Crippen LogP contribution < -0.4 is 0 Å². The van der Waals surface area contributed by atoms with Crippen molar-refractivity contribution in [3.8, 4) is 28.9 Å². The summed E-state index contributed by atoms with van der Waals surface area (Å²) in [6, 6.07) is 15.1. The third kappa shape index (κ3) is 2.80. The molecule has 1 aliphatic carbocycles. The Balaban J connectivity index is 1.52. The summed E-state index contributed by atoms with van der Waals surface area (Å²) in [6.07, 6.45) is 1.27. The van der Waals surface area contributed by atoms with Crippen LogP contribution in [0.4, 0.5) is 0 Å². The molecule has 0 bridgehead atoms. The van der Waals surface area contributed by atoms with Crippen molar-refractivity contribution in [1.29, 1.82) is 5.26 Å². The molecule has 3 aromatic rings. The maximum absolute atomic E-state index is 12.3. The number of aliphatic hydroxyl groups excluding tert-OH is 1. The van der Waals surface area contributed by atoms with Crippen molar-refractivity contribution in [3.63, 3.8) is 0 Å². The van der Waals surface area contributed by atoms with Gasteiger partial charge >= 0.3 is 0 Å². The van der Waals surface area contributed by atoms with Crippen LogP contribution in [0.2, 0.25) is 0 Å². The smallest absolute Gasteiger partial charge is 0.258 e. The Labute approximate surface area is 167 Å². The second kappa shape index (κ2) is 6.83. The first-order chi connectivity index (χ1) is 14.2. The maximum Gasteiger partial charge on any atom is 0.258 e. The van der Waals surface area contributed by atoms with Gasteiger partial charge in [0.2, 0.25) is 11.7 Å². The molecule has 1 saturated heterocycles. The summed E-state index contributed by atoms with van der Waals surface area (Å²) in [5.41, 5.74) is 4.37. The summed E-state index contributed by atoms with van der Waals surface area (Å²) >= 11 is 0. The number of nitrogens with zero attached hydrogens (tertiary/aromatic N) is 4. The molecule has 0 spiro atoms. The maximum atomic E-state index is 12.3. The number of carbonyl (C=O) groups is 1. The van der Waals surface area contributed by atoms with Gasteiger partial charge in [0.15, 0.2) is 0 Å². The summed E-state index contributed by atoms with van der Waals surface area (Å²) in [6.45, 7) is 0.311. The number of β-amino-alcohol motifs (C(OH)–C–C–N with tert-alkyl or cyclic N) is 1. The number of likely N-dealkylation sites (tertiary alicyclic amines) is 1. The Hall–Kier alpha value is -3.50. The van der Waals surface area contributed by atoms with Gasteiger partial charge in [-0.05, 0) is 41.7 Å². The van der Waals surface area contributed by atoms with Gasteiger partial charge < -0.3 is 14.5 Å². The molecule has 144 valence electrons. The van der Waals surface area contributed by atoms with Gasteiger partial charge in [-0.3, -0.25) is 4.79 Å². The molecule has 1 aromatic heterocycles. The van der Waals surface area contributed by atoms with Crippen molar-refractivity contribution >= 4 is 5.91 Å². The van der Waals surface area contributed by atoms with Crippen LogP contribution in [-0.2, 0) is 11.2 Å². The normalized spacial score (nSPS) is 19.9. The van der Waals surface area contributed by atoms with E-state index in [-0.39, 0.29) is 24.5 Å². The van der Waals surface area contributed by atoms with Crippen LogP contribution in [0.25, 0.3) is 22.8 Å². The van der Waals surface area contributed by atoms with E-state index in [9.17, 15) is 9.90 Å². The molecular weight excluding hydrogens is 368 g/mol. The second-order valence-corrected chi connectivity index (χ2v) is 7.41. The van der Waals surface area contributed by atoms with Crippen LogP contribution >= 0.6 is 0 Å². The average molecular weight is 386 g/mol. The summed E-state index contributed by atoms with van der Waals surface area (Å²) < 4.78 is 5.47. The number of fused-ring (bicyclic) bond motifs is 3. The van der Waals surface area contributed by atoms with Crippen molar-refractivity contribution in [2.75, 3.05) is 13.2 Å². The largest absolute Gasteiger partial charge is 0.395 e. The van der Waals surface area contributed by atoms with Crippen molar-refractivity contribution in [1.82, 2.24) is 15.0 Å². The van der Waals surface area contributed by atoms with Crippen LogP contribution in [0.3, 0.4) is 0 Å². The van der Waals surface area contributed by atoms with Gasteiger partial charge in [0.1, 0.15) is 0 Å². The van der Waals surface area contributed by atoms with Gasteiger partial charge in [0.05, 0.1) is 24.3 Å². The Morgan fingerprint density at radius 2 is 2.10 bits per heavy atom. The fraction of sp³-hybridized carbons (Fsp3) is 0.273. The zero-order valence-corrected chi connectivity index (χ0v) is 15.6. The van der Waals surface area contributed by atoms with Gasteiger partial charge in [-0.15, -0.1) is 0 Å². The molecule has 29 heavy (non-hydrogen) atoms. The molecule has 2 aromatic carbocycles. The molecule has 0 saturated carbocycles. The Bertz CT molecular complexity index is 1150. The third-order valence-corrected chi connectivity index (χ3v) is 5.78. The lowest BCUT2D eigenvalue weighted by molar-refractivity contribution is -0.129. The topological polar surface area (TPSA) is 103 Å². The number of nitriles is 1. The Kier molecular flexibility index (Phi) is 4.14. The van der Waals surface area contributed by atoms with E-state index >= 15 is 0 Å². The highest BCUT2D eigenvalue weighted by atomic mass is 16.5. The number of carbonyl (C=O) groups excluding carboxylic acids is 1. The summed E-state index contributed by atoms with van der Waals surface area (Å²) in [5.74, 6) is 1.18. The van der Waals surface area contributed by atoms with E-state index < -0.39 is 0 Å². The molecular formula is C22H18N4O3. The molecule has 1 fully saturated rings. The lowest BCUT2D eigenvalue weighted by Gasteiger charge is -2.24. The van der Waals surface area contributed by atoms with Gasteiger partial charge in [0.25, 0.3) is 5.89 Å². The average Bonchev–Trinajstić information content (AvgIpc) is 3.43. The first-order valence-electron chi connectivity index (χ1n) is 9.56. The molecule has 2 atom stereocenters. The summed E-state index contributed by atoms with van der Waals surface area (Å²) in [7, 11) is 0. The van der Waals surface area contributed by atoms with Crippen LogP contribution in [-0.4, -0.2) is 39.2 Å². The van der Waals surface area contributed by atoms with Crippen molar-refractivity contribution in [2.45, 2.75) is 18.9 Å². The molecule has 2 aliphatic rings. The number of rotatable bonds is 4. The molecule has 7 heteroatoms. The number of hydrogen-bond acceptors (Lipinski definition) is 6. The highest BCUT2D eigenvalue weighted by Gasteiger charge is 2.46. The Morgan fingerprint density at radius 3 is 2.93 bits per heavy atom. The lowest BCUT2D eigenvalue weighted by atomic mass is 10.0. The molecule has 0 radical (unpaired) electrons. The van der Waals surface area contributed by atoms with Crippen LogP contribution in [0.1, 0.15) is 29.2 Å². The summed E-state index contributed by atoms with van der Waals surface area (Å²) in [5, 5.41) is 22.6. The van der Waals surface area contributed by atoms with Gasteiger partial charge in [0, 0.05) is 24.1 Å². The van der Waals surface area contributed by atoms with E-state index in [0.29, 0.717) is 35.8 Å². The Morgan fingerprint density at radius 1 is 1.24 bits per heavy atom. The van der Waals surface area contributed by atoms with E-state index in [1.54, 1.807) is 23.1 Å². The van der Waals surface area contributed by atoms with Crippen LogP contribution in [0, 0.1) is 17.2 Å². The van der Waals surface area contributed by atoms with Crippen molar-refractivity contribution in [3.05, 3.63) is 59.2 Å². The zero-order valence-electron chi connectivity index (χ0n) is 15.6. The second-order valence-electron chi connectivity index (χ2n) is 7.41. The highest BCUT2D eigenvalue weighted by molar-refractivity contribution is 5.81. The number of amides is 1. The molecule has 1 aliphatic heterocycles. The van der Waals surface area contributed by atoms with E-state index in [1.165, 1.54) is 0 Å². The number of hydrogen-bond donors (Lipinski definition) is 1. The van der Waals surface area contributed by atoms with E-state index in [0.717, 1.165) is 23.1 Å². The fourth-order valence-corrected chi connectivity index (χ4v) is 4.59. The van der Waals surface area contributed by atoms with Crippen LogP contribution in [0.15, 0.2) is 47.0 Å². The predicted molar refractivity (Wildman–Crippen MR) is 103 cm³/mol. The SMILES string of the molecule is N#Cc1cccc(-c2nc(-c3cccc4c3CC3CC(=O)N(CCO)C43)no2)c1. The predicted octanol–water partition coefficient (Wildman–Crippen LogP) is 2.71. The molecule has 5 rings (SSSR count). The highest BCUT2D eigenvalue weighted by Crippen LogP contribution is 2.49. The molecule has 1 N–H and O–H groups in total. The molecule has 1 amide bonds. The lowest BCUT2D eigenvalue weighted by Crippen LogP contribution is -2.30. The van der Waals surface area contributed by atoms with E-state index in [4.69, 9.17) is 9.78 Å². The molecule has 2 unspecified atom stereocenters.